The van der Waals surface area contributed by atoms with E-state index in [1.165, 1.54) is 0 Å². The van der Waals surface area contributed by atoms with Gasteiger partial charge in [0.15, 0.2) is 0 Å². The fourth-order valence-electron chi connectivity index (χ4n) is 1.90. The lowest BCUT2D eigenvalue weighted by molar-refractivity contribution is 0.102. The third-order valence-corrected chi connectivity index (χ3v) is 2.92. The summed E-state index contributed by atoms with van der Waals surface area (Å²) < 4.78 is 10.9. The zero-order valence-electron chi connectivity index (χ0n) is 12.5. The second kappa shape index (κ2) is 7.88. The fourth-order valence-corrected chi connectivity index (χ4v) is 1.90. The number of amides is 1. The molecule has 0 aromatic heterocycles. The first kappa shape index (κ1) is 15.6. The largest absolute Gasteiger partial charge is 0.492 e. The van der Waals surface area contributed by atoms with E-state index < -0.39 is 0 Å². The van der Waals surface area contributed by atoms with E-state index in [-0.39, 0.29) is 5.91 Å². The van der Waals surface area contributed by atoms with E-state index in [4.69, 9.17) is 9.47 Å². The maximum atomic E-state index is 12.3. The van der Waals surface area contributed by atoms with Gasteiger partial charge >= 0.3 is 0 Å². The molecule has 0 aliphatic carbocycles. The molecule has 0 saturated heterocycles. The predicted octanol–water partition coefficient (Wildman–Crippen LogP) is 3.90. The second-order valence-electron chi connectivity index (χ2n) is 4.51. The molecule has 0 fully saturated rings. The standard InChI is InChI=1S/C18H19NO3/c1-3-13-22-15-11-9-14(10-12-15)18(20)19-16-7-5-6-8-17(16)21-4-2/h3,5-12H,1,4,13H2,2H3,(H,19,20). The Morgan fingerprint density at radius 2 is 1.86 bits per heavy atom. The van der Waals surface area contributed by atoms with Gasteiger partial charge in [-0.25, -0.2) is 0 Å². The number of ether oxygens (including phenoxy) is 2. The van der Waals surface area contributed by atoms with Crippen molar-refractivity contribution in [1.82, 2.24) is 0 Å². The van der Waals surface area contributed by atoms with Crippen LogP contribution >= 0.6 is 0 Å². The molecule has 4 heteroatoms. The Balaban J connectivity index is 2.07. The molecule has 4 nitrogen and oxygen atoms in total. The van der Waals surface area contributed by atoms with E-state index in [0.29, 0.717) is 36.0 Å². The lowest BCUT2D eigenvalue weighted by Crippen LogP contribution is -2.12. The first-order valence-electron chi connectivity index (χ1n) is 7.11. The molecule has 22 heavy (non-hydrogen) atoms. The zero-order chi connectivity index (χ0) is 15.8. The smallest absolute Gasteiger partial charge is 0.255 e. The third-order valence-electron chi connectivity index (χ3n) is 2.92. The van der Waals surface area contributed by atoms with Crippen LogP contribution in [0.15, 0.2) is 61.2 Å². The van der Waals surface area contributed by atoms with Gasteiger partial charge in [0.2, 0.25) is 0 Å². The number of nitrogens with one attached hydrogen (secondary N) is 1. The Morgan fingerprint density at radius 1 is 1.14 bits per heavy atom. The number of para-hydroxylation sites is 2. The van der Waals surface area contributed by atoms with Gasteiger partial charge in [0.1, 0.15) is 18.1 Å². The van der Waals surface area contributed by atoms with Crippen molar-refractivity contribution in [2.45, 2.75) is 6.92 Å². The average molecular weight is 297 g/mol. The normalized spacial score (nSPS) is 9.86. The molecule has 2 aromatic carbocycles. The van der Waals surface area contributed by atoms with Crippen LogP contribution in [0, 0.1) is 0 Å². The summed E-state index contributed by atoms with van der Waals surface area (Å²) in [5.74, 6) is 1.16. The second-order valence-corrected chi connectivity index (χ2v) is 4.51. The molecule has 0 heterocycles. The maximum Gasteiger partial charge on any atom is 0.255 e. The minimum absolute atomic E-state index is 0.192. The third kappa shape index (κ3) is 4.12. The molecule has 0 bridgehead atoms. The van der Waals surface area contributed by atoms with Gasteiger partial charge in [0.25, 0.3) is 5.91 Å². The maximum absolute atomic E-state index is 12.3. The van der Waals surface area contributed by atoms with Gasteiger partial charge in [-0.15, -0.1) is 0 Å². The van der Waals surface area contributed by atoms with Crippen LogP contribution in [0.2, 0.25) is 0 Å². The first-order valence-corrected chi connectivity index (χ1v) is 7.11. The van der Waals surface area contributed by atoms with Gasteiger partial charge in [-0.05, 0) is 43.3 Å². The number of hydrogen-bond donors (Lipinski definition) is 1. The summed E-state index contributed by atoms with van der Waals surface area (Å²) in [6, 6.07) is 14.3. The van der Waals surface area contributed by atoms with Crippen LogP contribution in [0.5, 0.6) is 11.5 Å². The summed E-state index contributed by atoms with van der Waals surface area (Å²) >= 11 is 0. The van der Waals surface area contributed by atoms with Crippen molar-refractivity contribution in [2.75, 3.05) is 18.5 Å². The topological polar surface area (TPSA) is 47.6 Å². The number of anilines is 1. The van der Waals surface area contributed by atoms with Crippen molar-refractivity contribution in [3.63, 3.8) is 0 Å². The number of hydrogen-bond acceptors (Lipinski definition) is 3. The van der Waals surface area contributed by atoms with Crippen LogP contribution in [0.3, 0.4) is 0 Å². The molecule has 0 spiro atoms. The molecule has 0 radical (unpaired) electrons. The molecule has 0 saturated carbocycles. The van der Waals surface area contributed by atoms with E-state index in [9.17, 15) is 4.79 Å². The number of carbonyl (C=O) groups is 1. The van der Waals surface area contributed by atoms with Crippen LogP contribution in [0.4, 0.5) is 5.69 Å². The molecule has 0 aliphatic rings. The summed E-state index contributed by atoms with van der Waals surface area (Å²) in [6.45, 7) is 6.48. The van der Waals surface area contributed by atoms with Crippen LogP contribution in [-0.2, 0) is 0 Å². The van der Waals surface area contributed by atoms with Crippen molar-refractivity contribution in [3.05, 3.63) is 66.7 Å². The average Bonchev–Trinajstić information content (AvgIpc) is 2.55. The Hall–Kier alpha value is -2.75. The Labute approximate surface area is 130 Å². The number of rotatable bonds is 7. The molecule has 114 valence electrons. The molecular formula is C18H19NO3. The van der Waals surface area contributed by atoms with Crippen molar-refractivity contribution in [1.29, 1.82) is 0 Å². The van der Waals surface area contributed by atoms with Crippen molar-refractivity contribution < 1.29 is 14.3 Å². The van der Waals surface area contributed by atoms with Gasteiger partial charge in [-0.1, -0.05) is 24.8 Å². The molecule has 0 unspecified atom stereocenters. The minimum atomic E-state index is -0.192. The Morgan fingerprint density at radius 3 is 2.55 bits per heavy atom. The SMILES string of the molecule is C=CCOc1ccc(C(=O)Nc2ccccc2OCC)cc1. The molecular weight excluding hydrogens is 278 g/mol. The quantitative estimate of drug-likeness (QED) is 0.788. The Kier molecular flexibility index (Phi) is 5.60. The van der Waals surface area contributed by atoms with E-state index in [0.717, 1.165) is 0 Å². The summed E-state index contributed by atoms with van der Waals surface area (Å²) in [5, 5.41) is 2.85. The zero-order valence-corrected chi connectivity index (χ0v) is 12.5. The summed E-state index contributed by atoms with van der Waals surface area (Å²) in [7, 11) is 0. The van der Waals surface area contributed by atoms with Gasteiger partial charge < -0.3 is 14.8 Å². The van der Waals surface area contributed by atoms with E-state index in [1.54, 1.807) is 30.3 Å². The predicted molar refractivity (Wildman–Crippen MR) is 87.7 cm³/mol. The fraction of sp³-hybridized carbons (Fsp3) is 0.167. The first-order chi connectivity index (χ1) is 10.7. The van der Waals surface area contributed by atoms with Gasteiger partial charge in [0.05, 0.1) is 12.3 Å². The van der Waals surface area contributed by atoms with Crippen LogP contribution < -0.4 is 14.8 Å². The van der Waals surface area contributed by atoms with Crippen LogP contribution in [0.25, 0.3) is 0 Å². The lowest BCUT2D eigenvalue weighted by atomic mass is 10.2. The van der Waals surface area contributed by atoms with Crippen molar-refractivity contribution >= 4 is 11.6 Å². The van der Waals surface area contributed by atoms with E-state index >= 15 is 0 Å². The monoisotopic (exact) mass is 297 g/mol. The van der Waals surface area contributed by atoms with Crippen molar-refractivity contribution in [3.8, 4) is 11.5 Å². The summed E-state index contributed by atoms with van der Waals surface area (Å²) in [4.78, 5) is 12.3. The number of benzene rings is 2. The van der Waals surface area contributed by atoms with Crippen LogP contribution in [-0.4, -0.2) is 19.1 Å². The van der Waals surface area contributed by atoms with E-state index in [2.05, 4.69) is 11.9 Å². The highest BCUT2D eigenvalue weighted by Gasteiger charge is 2.09. The highest BCUT2D eigenvalue weighted by Crippen LogP contribution is 2.24. The summed E-state index contributed by atoms with van der Waals surface area (Å²) in [5.41, 5.74) is 1.21. The number of carbonyl (C=O) groups excluding carboxylic acids is 1. The van der Waals surface area contributed by atoms with E-state index in [1.807, 2.05) is 31.2 Å². The molecule has 2 aromatic rings. The highest BCUT2D eigenvalue weighted by atomic mass is 16.5. The van der Waals surface area contributed by atoms with Gasteiger partial charge in [-0.2, -0.15) is 0 Å². The van der Waals surface area contributed by atoms with Gasteiger partial charge in [0, 0.05) is 5.56 Å². The van der Waals surface area contributed by atoms with Crippen LogP contribution in [0.1, 0.15) is 17.3 Å². The highest BCUT2D eigenvalue weighted by molar-refractivity contribution is 6.05. The summed E-state index contributed by atoms with van der Waals surface area (Å²) in [6.07, 6.45) is 1.67. The van der Waals surface area contributed by atoms with Gasteiger partial charge in [-0.3, -0.25) is 4.79 Å². The minimum Gasteiger partial charge on any atom is -0.492 e. The van der Waals surface area contributed by atoms with Crippen molar-refractivity contribution in [2.24, 2.45) is 0 Å². The molecule has 0 atom stereocenters. The molecule has 2 rings (SSSR count). The molecule has 1 N–H and O–H groups in total. The molecule has 0 aliphatic heterocycles. The lowest BCUT2D eigenvalue weighted by Gasteiger charge is -2.11. The Bertz CT molecular complexity index is 635. The molecule has 1 amide bonds.